The van der Waals surface area contributed by atoms with Crippen molar-refractivity contribution in [3.63, 3.8) is 0 Å². The Morgan fingerprint density at radius 3 is 0.926 bits per heavy atom. The van der Waals surface area contributed by atoms with Crippen molar-refractivity contribution in [2.45, 2.75) is 0 Å². The van der Waals surface area contributed by atoms with Crippen LogP contribution < -0.4 is 0 Å². The Hall–Kier alpha value is -1.20. The van der Waals surface area contributed by atoms with Gasteiger partial charge in [0.1, 0.15) is 0 Å². The van der Waals surface area contributed by atoms with E-state index in [1.807, 2.05) is 0 Å². The van der Waals surface area contributed by atoms with Gasteiger partial charge in [-0.25, -0.2) is 0 Å². The largest absolute Gasteiger partial charge is 4.00 e. The monoisotopic (exact) mass is 550 g/mol. The van der Waals surface area contributed by atoms with Crippen LogP contribution in [-0.2, 0) is 19.5 Å². The zero-order valence-electron chi connectivity index (χ0n) is 12.0. The van der Waals surface area contributed by atoms with Crippen LogP contribution in [0.15, 0.2) is 46.2 Å². The molecule has 0 aromatic heterocycles. The summed E-state index contributed by atoms with van der Waals surface area (Å²) < 4.78 is 118. The van der Waals surface area contributed by atoms with Gasteiger partial charge in [-0.15, -0.1) is 11.4 Å². The van der Waals surface area contributed by atoms with E-state index in [2.05, 4.69) is 20.6 Å². The fraction of sp³-hybridized carbons (Fsp3) is 0. The first kappa shape index (κ1) is 28.0. The summed E-state index contributed by atoms with van der Waals surface area (Å²) in [5, 5.41) is 8.17. The summed E-state index contributed by atoms with van der Waals surface area (Å²) in [6.07, 6.45) is 9.82. The number of rotatable bonds is 0. The summed E-state index contributed by atoms with van der Waals surface area (Å²) in [4.78, 5) is 7.86. The second-order valence-corrected chi connectivity index (χ2v) is 7.93. The number of hydrogen-bond donors (Lipinski definition) is 0. The van der Waals surface area contributed by atoms with Gasteiger partial charge in [-0.1, -0.05) is 0 Å². The Morgan fingerprint density at radius 2 is 0.778 bits per heavy atom. The molecular formula is C8H6F12N4P2Ru. The number of hydrogen-bond acceptors (Lipinski definition) is 2. The summed E-state index contributed by atoms with van der Waals surface area (Å²) in [5.41, 5.74) is 1.48. The topological polar surface area (TPSA) is 52.9 Å². The van der Waals surface area contributed by atoms with Crippen molar-refractivity contribution in [3.8, 4) is 0 Å². The van der Waals surface area contributed by atoms with Crippen molar-refractivity contribution >= 4 is 28.0 Å². The van der Waals surface area contributed by atoms with Crippen LogP contribution in [0, 0.1) is 0 Å². The predicted molar refractivity (Wildman–Crippen MR) is 76.1 cm³/mol. The molecule has 0 saturated heterocycles. The number of nitrogens with zero attached hydrogens (tertiary/aromatic N) is 4. The van der Waals surface area contributed by atoms with E-state index < -0.39 is 15.6 Å². The summed E-state index contributed by atoms with van der Waals surface area (Å²) in [6, 6.07) is 0. The molecule has 0 atom stereocenters. The van der Waals surface area contributed by atoms with Crippen LogP contribution in [0.4, 0.5) is 50.4 Å². The molecule has 0 radical (unpaired) electrons. The van der Waals surface area contributed by atoms with Gasteiger partial charge >= 0.3 is 85.5 Å². The molecule has 0 aliphatic carbocycles. The Morgan fingerprint density at radius 1 is 0.556 bits per heavy atom. The molecule has 0 aromatic carbocycles. The van der Waals surface area contributed by atoms with Gasteiger partial charge in [0.25, 0.3) is 0 Å². The normalized spacial score (nSPS) is 23.3. The van der Waals surface area contributed by atoms with Gasteiger partial charge in [0.15, 0.2) is 0 Å². The quantitative estimate of drug-likeness (QED) is 0.165. The zero-order chi connectivity index (χ0) is 21.0. The van der Waals surface area contributed by atoms with Crippen LogP contribution in [-0.4, -0.2) is 12.4 Å². The Labute approximate surface area is 155 Å². The molecule has 19 heteroatoms. The van der Waals surface area contributed by atoms with Crippen molar-refractivity contribution < 1.29 is 69.8 Å². The van der Waals surface area contributed by atoms with Gasteiger partial charge in [0.05, 0.1) is 0 Å². The molecule has 2 aliphatic rings. The fourth-order valence-electron chi connectivity index (χ4n) is 0.863. The van der Waals surface area contributed by atoms with Gasteiger partial charge in [-0.2, -0.15) is 12.4 Å². The van der Waals surface area contributed by atoms with Crippen LogP contribution >= 0.6 is 15.6 Å². The van der Waals surface area contributed by atoms with E-state index in [4.69, 9.17) is 0 Å². The SMILES string of the molecule is C1=C[N-]C(=C2C=NC=C[N-]2)C=N1.F[P-](F)(F)(F)(F)F.F[P-](F)(F)(F)(F)F.[Ru+4]. The van der Waals surface area contributed by atoms with Gasteiger partial charge in [-0.3, -0.25) is 9.98 Å². The summed E-state index contributed by atoms with van der Waals surface area (Å²) >= 11 is 0. The van der Waals surface area contributed by atoms with E-state index in [1.165, 1.54) is 0 Å². The van der Waals surface area contributed by atoms with Crippen LogP contribution in [0.25, 0.3) is 10.6 Å². The molecule has 2 heterocycles. The minimum absolute atomic E-state index is 0. The molecule has 4 nitrogen and oxygen atoms in total. The average molecular weight is 549 g/mol. The van der Waals surface area contributed by atoms with Crippen molar-refractivity contribution in [1.29, 1.82) is 0 Å². The Balaban J connectivity index is 0. The molecule has 0 amide bonds. The summed E-state index contributed by atoms with van der Waals surface area (Å²) in [7, 11) is -21.3. The number of aliphatic imine (C=N–C) groups is 2. The first-order valence-corrected chi connectivity index (χ1v) is 9.58. The van der Waals surface area contributed by atoms with Crippen LogP contribution in [0.2, 0.25) is 0 Å². The van der Waals surface area contributed by atoms with E-state index in [1.54, 1.807) is 37.2 Å². The predicted octanol–water partition coefficient (Wildman–Crippen LogP) is 8.82. The molecule has 0 aromatic rings. The summed E-state index contributed by atoms with van der Waals surface area (Å²) in [5.74, 6) is 0. The van der Waals surface area contributed by atoms with Crippen molar-refractivity contribution in [3.05, 3.63) is 46.8 Å². The maximum atomic E-state index is 9.87. The van der Waals surface area contributed by atoms with E-state index in [-0.39, 0.29) is 19.5 Å². The summed E-state index contributed by atoms with van der Waals surface area (Å²) in [6.45, 7) is 0. The van der Waals surface area contributed by atoms with Gasteiger partial charge in [-0.05, 0) is 0 Å². The fourth-order valence-corrected chi connectivity index (χ4v) is 0.863. The van der Waals surface area contributed by atoms with Crippen molar-refractivity contribution in [2.75, 3.05) is 0 Å². The molecule has 2 aliphatic heterocycles. The number of halogens is 12. The molecule has 0 spiro atoms. The number of allylic oxidation sites excluding steroid dienone is 2. The Kier molecular flexibility index (Phi) is 7.26. The molecule has 27 heavy (non-hydrogen) atoms. The van der Waals surface area contributed by atoms with Crippen LogP contribution in [0.3, 0.4) is 0 Å². The third kappa shape index (κ3) is 36.5. The Bertz CT molecular complexity index is 601. The second kappa shape index (κ2) is 7.00. The molecule has 0 saturated carbocycles. The first-order chi connectivity index (χ1) is 10.9. The van der Waals surface area contributed by atoms with E-state index in [9.17, 15) is 50.4 Å². The molecule has 0 N–H and O–H groups in total. The van der Waals surface area contributed by atoms with Crippen molar-refractivity contribution in [2.24, 2.45) is 9.98 Å². The minimum Gasteiger partial charge on any atom is 4.00 e. The van der Waals surface area contributed by atoms with Crippen LogP contribution in [0.1, 0.15) is 0 Å². The van der Waals surface area contributed by atoms with Crippen molar-refractivity contribution in [1.82, 2.24) is 0 Å². The average Bonchev–Trinajstić information content (AvgIpc) is 2.33. The molecule has 0 fully saturated rings. The maximum Gasteiger partial charge on any atom is 4.00 e. The van der Waals surface area contributed by atoms with E-state index in [0.717, 1.165) is 11.4 Å². The zero-order valence-corrected chi connectivity index (χ0v) is 15.6. The maximum absolute atomic E-state index is 10.7. The molecule has 0 bridgehead atoms. The standard InChI is InChI=1S/C8H6N4.2F6P.Ru/c1-3-11-7(5-9-1)8-6-10-2-4-12-8;2*1-7(2,3,4,5)6;/h1-6H;;;/q-2;2*-1;+4. The molecule has 2 rings (SSSR count). The third-order valence-electron chi connectivity index (χ3n) is 1.39. The van der Waals surface area contributed by atoms with Crippen LogP contribution in [0.5, 0.6) is 0 Å². The van der Waals surface area contributed by atoms with Gasteiger partial charge in [0.2, 0.25) is 0 Å². The molecule has 0 unspecified atom stereocenters. The second-order valence-electron chi connectivity index (χ2n) is 4.10. The smallest absolute Gasteiger partial charge is 4.00 e. The third-order valence-corrected chi connectivity index (χ3v) is 1.39. The van der Waals surface area contributed by atoms with Gasteiger partial charge < -0.3 is 10.6 Å². The minimum atomic E-state index is -10.7. The van der Waals surface area contributed by atoms with E-state index in [0.29, 0.717) is 0 Å². The molecular weight excluding hydrogens is 543 g/mol. The first-order valence-electron chi connectivity index (χ1n) is 5.52. The molecule has 160 valence electrons. The van der Waals surface area contributed by atoms with E-state index >= 15 is 0 Å². The van der Waals surface area contributed by atoms with Gasteiger partial charge in [0, 0.05) is 24.8 Å².